The van der Waals surface area contributed by atoms with Crippen molar-refractivity contribution in [3.63, 3.8) is 0 Å². The van der Waals surface area contributed by atoms with Crippen LogP contribution in [0.3, 0.4) is 0 Å². The van der Waals surface area contributed by atoms with E-state index in [0.717, 1.165) is 22.6 Å². The molecule has 1 aliphatic rings. The molecular weight excluding hydrogens is 387 g/mol. The lowest BCUT2D eigenvalue weighted by Gasteiger charge is -2.12. The molecule has 1 aromatic carbocycles. The van der Waals surface area contributed by atoms with Crippen molar-refractivity contribution in [1.29, 1.82) is 0 Å². The smallest absolute Gasteiger partial charge is 0.323 e. The third kappa shape index (κ3) is 4.76. The van der Waals surface area contributed by atoms with Gasteiger partial charge in [0.15, 0.2) is 5.13 Å². The fourth-order valence-corrected chi connectivity index (χ4v) is 4.10. The molecule has 1 aromatic heterocycles. The number of halogens is 3. The average Bonchev–Trinajstić information content (AvgIpc) is 3.16. The van der Waals surface area contributed by atoms with E-state index in [0.29, 0.717) is 23.2 Å². The van der Waals surface area contributed by atoms with E-state index in [1.54, 1.807) is 6.20 Å². The summed E-state index contributed by atoms with van der Waals surface area (Å²) in [6.07, 6.45) is -2.35. The number of thiazole rings is 1. The molecule has 2 heterocycles. The Kier molecular flexibility index (Phi) is 5.52. The van der Waals surface area contributed by atoms with E-state index in [-0.39, 0.29) is 18.4 Å². The molecule has 2 aromatic rings. The summed E-state index contributed by atoms with van der Waals surface area (Å²) >= 11 is 2.71. The summed E-state index contributed by atoms with van der Waals surface area (Å²) in [5.74, 6) is 0.508. The van der Waals surface area contributed by atoms with Crippen LogP contribution in [0.5, 0.6) is 0 Å². The first-order valence-electron chi connectivity index (χ1n) is 7.57. The molecule has 1 N–H and O–H groups in total. The number of rotatable bonds is 5. The van der Waals surface area contributed by atoms with Crippen molar-refractivity contribution >= 4 is 40.0 Å². The van der Waals surface area contributed by atoms with Gasteiger partial charge in [-0.1, -0.05) is 12.1 Å². The maximum Gasteiger partial charge on any atom is 0.416 e. The molecule has 0 spiro atoms. The topological polar surface area (TPSA) is 62.3 Å². The molecule has 1 saturated heterocycles. The minimum absolute atomic E-state index is 0.0142. The number of benzene rings is 1. The highest BCUT2D eigenvalue weighted by Gasteiger charge is 2.30. The molecule has 0 aliphatic carbocycles. The number of aromatic nitrogens is 1. The second-order valence-corrected chi connectivity index (χ2v) is 7.69. The Morgan fingerprint density at radius 1 is 1.27 bits per heavy atom. The lowest BCUT2D eigenvalue weighted by Crippen LogP contribution is -2.34. The van der Waals surface area contributed by atoms with Crippen molar-refractivity contribution in [2.24, 2.45) is 0 Å². The number of carbonyl (C=O) groups excluding carboxylic acids is 2. The van der Waals surface area contributed by atoms with Crippen LogP contribution in [0.4, 0.5) is 18.3 Å². The molecule has 0 atom stereocenters. The minimum Gasteiger partial charge on any atom is -0.323 e. The molecule has 138 valence electrons. The third-order valence-electron chi connectivity index (χ3n) is 3.62. The monoisotopic (exact) mass is 401 g/mol. The fourth-order valence-electron chi connectivity index (χ4n) is 2.33. The first-order valence-corrected chi connectivity index (χ1v) is 9.54. The first kappa shape index (κ1) is 18.7. The number of hydrogen-bond acceptors (Lipinski definition) is 5. The number of thioether (sulfide) groups is 1. The number of anilines is 1. The number of hydrogen-bond donors (Lipinski definition) is 1. The van der Waals surface area contributed by atoms with Gasteiger partial charge in [0.1, 0.15) is 6.54 Å². The third-order valence-corrected chi connectivity index (χ3v) is 5.48. The largest absolute Gasteiger partial charge is 0.416 e. The zero-order chi connectivity index (χ0) is 18.7. The maximum atomic E-state index is 12.6. The molecule has 26 heavy (non-hydrogen) atoms. The minimum atomic E-state index is -4.35. The SMILES string of the molecule is O=C(CN1CSCC1=O)Nc1ncc(Cc2ccc(C(F)(F)F)cc2)s1. The van der Waals surface area contributed by atoms with Crippen molar-refractivity contribution in [2.75, 3.05) is 23.5 Å². The maximum absolute atomic E-state index is 12.6. The second kappa shape index (κ2) is 7.67. The summed E-state index contributed by atoms with van der Waals surface area (Å²) in [5.41, 5.74) is 0.0346. The Morgan fingerprint density at radius 3 is 2.62 bits per heavy atom. The summed E-state index contributed by atoms with van der Waals surface area (Å²) in [4.78, 5) is 29.8. The first-order chi connectivity index (χ1) is 12.3. The van der Waals surface area contributed by atoms with Gasteiger partial charge in [0.2, 0.25) is 11.8 Å². The lowest BCUT2D eigenvalue weighted by atomic mass is 10.1. The molecule has 0 unspecified atom stereocenters. The molecule has 10 heteroatoms. The highest BCUT2D eigenvalue weighted by Crippen LogP contribution is 2.30. The van der Waals surface area contributed by atoms with Crippen molar-refractivity contribution in [3.8, 4) is 0 Å². The van der Waals surface area contributed by atoms with Crippen LogP contribution in [-0.4, -0.2) is 39.9 Å². The van der Waals surface area contributed by atoms with Gasteiger partial charge in [0.25, 0.3) is 0 Å². The standard InChI is InChI=1S/C16H14F3N3O2S2/c17-16(18,19)11-3-1-10(2-4-11)5-12-6-20-15(26-12)21-13(23)7-22-9-25-8-14(22)24/h1-4,6H,5,7-9H2,(H,20,21,23). The van der Waals surface area contributed by atoms with Crippen LogP contribution in [0.25, 0.3) is 0 Å². The van der Waals surface area contributed by atoms with E-state index < -0.39 is 11.7 Å². The fraction of sp³-hybridized carbons (Fsp3) is 0.312. The van der Waals surface area contributed by atoms with Crippen LogP contribution in [0.15, 0.2) is 30.5 Å². The summed E-state index contributed by atoms with van der Waals surface area (Å²) in [5, 5.41) is 3.04. The predicted octanol–water partition coefficient (Wildman–Crippen LogP) is 3.22. The number of nitrogens with zero attached hydrogens (tertiary/aromatic N) is 2. The average molecular weight is 401 g/mol. The van der Waals surface area contributed by atoms with Crippen molar-refractivity contribution in [3.05, 3.63) is 46.5 Å². The molecule has 1 fully saturated rings. The molecule has 0 radical (unpaired) electrons. The van der Waals surface area contributed by atoms with E-state index in [4.69, 9.17) is 0 Å². The van der Waals surface area contributed by atoms with Gasteiger partial charge < -0.3 is 10.2 Å². The zero-order valence-corrected chi connectivity index (χ0v) is 15.0. The Hall–Kier alpha value is -2.07. The molecule has 2 amide bonds. The van der Waals surface area contributed by atoms with E-state index in [1.165, 1.54) is 40.1 Å². The van der Waals surface area contributed by atoms with Crippen molar-refractivity contribution in [2.45, 2.75) is 12.6 Å². The summed E-state index contributed by atoms with van der Waals surface area (Å²) in [7, 11) is 0. The van der Waals surface area contributed by atoms with Crippen molar-refractivity contribution in [1.82, 2.24) is 9.88 Å². The Balaban J connectivity index is 1.56. The van der Waals surface area contributed by atoms with Gasteiger partial charge in [-0.3, -0.25) is 9.59 Å². The van der Waals surface area contributed by atoms with E-state index >= 15 is 0 Å². The van der Waals surface area contributed by atoms with Crippen LogP contribution in [0.2, 0.25) is 0 Å². The van der Waals surface area contributed by atoms with Crippen LogP contribution < -0.4 is 5.32 Å². The van der Waals surface area contributed by atoms with Gasteiger partial charge in [-0.05, 0) is 17.7 Å². The van der Waals surface area contributed by atoms with Crippen LogP contribution in [0.1, 0.15) is 16.0 Å². The summed E-state index contributed by atoms with van der Waals surface area (Å²) in [6.45, 7) is -0.0142. The molecule has 5 nitrogen and oxygen atoms in total. The molecule has 1 aliphatic heterocycles. The van der Waals surface area contributed by atoms with Gasteiger partial charge in [-0.15, -0.1) is 23.1 Å². The van der Waals surface area contributed by atoms with Crippen LogP contribution in [-0.2, 0) is 22.2 Å². The van der Waals surface area contributed by atoms with E-state index in [9.17, 15) is 22.8 Å². The van der Waals surface area contributed by atoms with Gasteiger partial charge in [-0.2, -0.15) is 13.2 Å². The van der Waals surface area contributed by atoms with Gasteiger partial charge in [-0.25, -0.2) is 4.98 Å². The highest BCUT2D eigenvalue weighted by molar-refractivity contribution is 8.00. The van der Waals surface area contributed by atoms with Gasteiger partial charge >= 0.3 is 6.18 Å². The Bertz CT molecular complexity index is 806. The van der Waals surface area contributed by atoms with Crippen LogP contribution in [0, 0.1) is 0 Å². The Labute approximate surface area is 155 Å². The van der Waals surface area contributed by atoms with Crippen LogP contribution >= 0.6 is 23.1 Å². The number of nitrogens with one attached hydrogen (secondary N) is 1. The molecule has 0 bridgehead atoms. The number of alkyl halides is 3. The van der Waals surface area contributed by atoms with E-state index in [1.807, 2.05) is 0 Å². The van der Waals surface area contributed by atoms with Gasteiger partial charge in [0.05, 0.1) is 17.2 Å². The predicted molar refractivity (Wildman–Crippen MR) is 94.0 cm³/mol. The van der Waals surface area contributed by atoms with E-state index in [2.05, 4.69) is 10.3 Å². The summed E-state index contributed by atoms with van der Waals surface area (Å²) in [6, 6.07) is 4.95. The quantitative estimate of drug-likeness (QED) is 0.836. The zero-order valence-electron chi connectivity index (χ0n) is 13.4. The number of carbonyl (C=O) groups is 2. The lowest BCUT2D eigenvalue weighted by molar-refractivity contribution is -0.137. The van der Waals surface area contributed by atoms with Crippen molar-refractivity contribution < 1.29 is 22.8 Å². The molecule has 0 saturated carbocycles. The second-order valence-electron chi connectivity index (χ2n) is 5.62. The molecule has 3 rings (SSSR count). The number of amides is 2. The molecular formula is C16H14F3N3O2S2. The summed E-state index contributed by atoms with van der Waals surface area (Å²) < 4.78 is 37.7. The Morgan fingerprint density at radius 2 is 2.00 bits per heavy atom. The highest BCUT2D eigenvalue weighted by atomic mass is 32.2. The van der Waals surface area contributed by atoms with Gasteiger partial charge in [0, 0.05) is 17.5 Å². The normalized spacial score (nSPS) is 14.7.